The molecular weight excluding hydrogens is 352 g/mol. The fourth-order valence-corrected chi connectivity index (χ4v) is 4.46. The molecule has 0 radical (unpaired) electrons. The van der Waals surface area contributed by atoms with E-state index >= 15 is 0 Å². The Balaban J connectivity index is 2.67. The van der Waals surface area contributed by atoms with Crippen molar-refractivity contribution in [2.75, 3.05) is 0 Å². The molecule has 0 bridgehead atoms. The van der Waals surface area contributed by atoms with Crippen LogP contribution in [-0.4, -0.2) is 5.11 Å². The highest BCUT2D eigenvalue weighted by Gasteiger charge is 2.13. The van der Waals surface area contributed by atoms with Crippen molar-refractivity contribution in [3.8, 4) is 5.75 Å². The summed E-state index contributed by atoms with van der Waals surface area (Å²) >= 11 is 0. The van der Waals surface area contributed by atoms with Crippen molar-refractivity contribution in [1.82, 2.24) is 0 Å². The Labute approximate surface area is 182 Å². The summed E-state index contributed by atoms with van der Waals surface area (Å²) in [7, 11) is 0. The zero-order valence-corrected chi connectivity index (χ0v) is 20.0. The van der Waals surface area contributed by atoms with Gasteiger partial charge in [0.1, 0.15) is 5.75 Å². The lowest BCUT2D eigenvalue weighted by Crippen LogP contribution is -2.03. The molecule has 1 rings (SSSR count). The Morgan fingerprint density at radius 3 is 1.45 bits per heavy atom. The van der Waals surface area contributed by atoms with Gasteiger partial charge in [0.2, 0.25) is 0 Å². The molecule has 0 aliphatic carbocycles. The summed E-state index contributed by atoms with van der Waals surface area (Å²) in [6, 6.07) is 4.20. The maximum Gasteiger partial charge on any atom is 0.119 e. The van der Waals surface area contributed by atoms with E-state index in [1.807, 2.05) is 6.07 Å². The Hall–Kier alpha value is -0.980. The molecular formula is C28H50O. The number of hydrogen-bond donors (Lipinski definition) is 1. The van der Waals surface area contributed by atoms with E-state index in [1.54, 1.807) is 0 Å². The van der Waals surface area contributed by atoms with E-state index < -0.39 is 0 Å². The number of benzene rings is 1. The smallest absolute Gasteiger partial charge is 0.119 e. The predicted molar refractivity (Wildman–Crippen MR) is 130 cm³/mol. The van der Waals surface area contributed by atoms with E-state index in [2.05, 4.69) is 26.8 Å². The normalized spacial score (nSPS) is 11.3. The average Bonchev–Trinajstić information content (AvgIpc) is 2.73. The second kappa shape index (κ2) is 17.8. The highest BCUT2D eigenvalue weighted by atomic mass is 16.3. The third kappa shape index (κ3) is 11.7. The number of hydrogen-bond acceptors (Lipinski definition) is 1. The molecule has 1 heteroatoms. The first-order chi connectivity index (χ1) is 14.2. The van der Waals surface area contributed by atoms with Crippen molar-refractivity contribution < 1.29 is 5.11 Å². The largest absolute Gasteiger partial charge is 0.508 e. The molecule has 0 saturated heterocycles. The minimum atomic E-state index is 0.553. The second-order valence-corrected chi connectivity index (χ2v) is 9.05. The van der Waals surface area contributed by atoms with Gasteiger partial charge in [-0.1, -0.05) is 110 Å². The van der Waals surface area contributed by atoms with Gasteiger partial charge in [0.05, 0.1) is 0 Å². The number of aryl methyl sites for hydroxylation is 1. The highest BCUT2D eigenvalue weighted by molar-refractivity contribution is 5.45. The van der Waals surface area contributed by atoms with Crippen molar-refractivity contribution in [1.29, 1.82) is 0 Å². The predicted octanol–water partition coefficient (Wildman–Crippen LogP) is 9.32. The molecule has 1 aromatic carbocycles. The lowest BCUT2D eigenvalue weighted by molar-refractivity contribution is 0.463. The number of aromatic hydroxyl groups is 1. The first-order valence-corrected chi connectivity index (χ1v) is 13.1. The van der Waals surface area contributed by atoms with Gasteiger partial charge in [-0.25, -0.2) is 0 Å². The monoisotopic (exact) mass is 402 g/mol. The van der Waals surface area contributed by atoms with Crippen LogP contribution in [0.3, 0.4) is 0 Å². The molecule has 0 atom stereocenters. The molecule has 168 valence electrons. The van der Waals surface area contributed by atoms with Gasteiger partial charge in [-0.2, -0.15) is 0 Å². The van der Waals surface area contributed by atoms with Gasteiger partial charge in [0, 0.05) is 0 Å². The zero-order chi connectivity index (χ0) is 21.2. The van der Waals surface area contributed by atoms with Crippen LogP contribution < -0.4 is 0 Å². The zero-order valence-electron chi connectivity index (χ0n) is 20.0. The lowest BCUT2D eigenvalue weighted by atomic mass is 9.89. The molecule has 0 amide bonds. The molecule has 0 spiro atoms. The Morgan fingerprint density at radius 2 is 0.897 bits per heavy atom. The summed E-state index contributed by atoms with van der Waals surface area (Å²) in [5, 5.41) is 10.6. The summed E-state index contributed by atoms with van der Waals surface area (Å²) < 4.78 is 0. The van der Waals surface area contributed by atoms with E-state index in [0.717, 1.165) is 12.8 Å². The molecule has 1 aromatic rings. The summed E-state index contributed by atoms with van der Waals surface area (Å²) in [4.78, 5) is 0. The molecule has 0 heterocycles. The van der Waals surface area contributed by atoms with Gasteiger partial charge in [-0.05, 0) is 61.3 Å². The van der Waals surface area contributed by atoms with Gasteiger partial charge >= 0.3 is 0 Å². The second-order valence-electron chi connectivity index (χ2n) is 9.05. The van der Waals surface area contributed by atoms with Crippen LogP contribution in [-0.2, 0) is 19.3 Å². The number of phenols is 1. The molecule has 0 aliphatic heterocycles. The van der Waals surface area contributed by atoms with Crippen LogP contribution in [0.15, 0.2) is 12.1 Å². The molecule has 0 aromatic heterocycles. The van der Waals surface area contributed by atoms with Crippen molar-refractivity contribution in [3.63, 3.8) is 0 Å². The van der Waals surface area contributed by atoms with Crippen LogP contribution >= 0.6 is 0 Å². The van der Waals surface area contributed by atoms with Gasteiger partial charge in [0.25, 0.3) is 0 Å². The van der Waals surface area contributed by atoms with Gasteiger partial charge in [-0.15, -0.1) is 0 Å². The highest BCUT2D eigenvalue weighted by Crippen LogP contribution is 2.30. The van der Waals surface area contributed by atoms with E-state index in [9.17, 15) is 5.11 Å². The van der Waals surface area contributed by atoms with Crippen LogP contribution in [0, 0.1) is 0 Å². The maximum absolute atomic E-state index is 10.6. The van der Waals surface area contributed by atoms with E-state index in [0.29, 0.717) is 5.75 Å². The van der Waals surface area contributed by atoms with Crippen LogP contribution in [0.2, 0.25) is 0 Å². The summed E-state index contributed by atoms with van der Waals surface area (Å²) in [5.41, 5.74) is 4.30. The molecule has 0 saturated carbocycles. The number of phenolic OH excluding ortho intramolecular Hbond substituents is 1. The first kappa shape index (κ1) is 26.1. The van der Waals surface area contributed by atoms with Crippen LogP contribution in [0.4, 0.5) is 0 Å². The van der Waals surface area contributed by atoms with Gasteiger partial charge < -0.3 is 5.11 Å². The van der Waals surface area contributed by atoms with E-state index in [1.165, 1.54) is 126 Å². The Morgan fingerprint density at radius 1 is 0.483 bits per heavy atom. The molecule has 29 heavy (non-hydrogen) atoms. The fourth-order valence-electron chi connectivity index (χ4n) is 4.46. The summed E-state index contributed by atoms with van der Waals surface area (Å²) in [6.45, 7) is 6.84. The quantitative estimate of drug-likeness (QED) is 0.228. The fraction of sp³-hybridized carbons (Fsp3) is 0.786. The van der Waals surface area contributed by atoms with Crippen molar-refractivity contribution in [3.05, 3.63) is 28.8 Å². The standard InChI is InChI=1S/C28H50O/c1-4-7-10-13-14-16-19-22-27-26(21-18-15-11-8-5-2)25(23-24-28(27)29)20-17-12-9-6-3/h23-24,29H,4-22H2,1-3H3. The van der Waals surface area contributed by atoms with E-state index in [4.69, 9.17) is 0 Å². The maximum atomic E-state index is 10.6. The SMILES string of the molecule is CCCCCCCCCc1c(O)ccc(CCCCCC)c1CCCCCCC. The van der Waals surface area contributed by atoms with Crippen molar-refractivity contribution in [2.24, 2.45) is 0 Å². The van der Waals surface area contributed by atoms with Crippen LogP contribution in [0.25, 0.3) is 0 Å². The third-order valence-electron chi connectivity index (χ3n) is 6.36. The minimum absolute atomic E-state index is 0.553. The first-order valence-electron chi connectivity index (χ1n) is 13.1. The minimum Gasteiger partial charge on any atom is -0.508 e. The third-order valence-corrected chi connectivity index (χ3v) is 6.36. The van der Waals surface area contributed by atoms with Crippen LogP contribution in [0.1, 0.15) is 140 Å². The number of unbranched alkanes of at least 4 members (excludes halogenated alkanes) is 13. The Kier molecular flexibility index (Phi) is 16.0. The molecule has 1 nitrogen and oxygen atoms in total. The van der Waals surface area contributed by atoms with Crippen molar-refractivity contribution >= 4 is 0 Å². The summed E-state index contributed by atoms with van der Waals surface area (Å²) in [6.07, 6.45) is 24.6. The van der Waals surface area contributed by atoms with Crippen molar-refractivity contribution in [2.45, 2.75) is 143 Å². The lowest BCUT2D eigenvalue weighted by Gasteiger charge is -2.17. The van der Waals surface area contributed by atoms with Gasteiger partial charge in [-0.3, -0.25) is 0 Å². The molecule has 0 aliphatic rings. The Bertz CT molecular complexity index is 505. The van der Waals surface area contributed by atoms with Gasteiger partial charge in [0.15, 0.2) is 0 Å². The topological polar surface area (TPSA) is 20.2 Å². The van der Waals surface area contributed by atoms with E-state index in [-0.39, 0.29) is 0 Å². The summed E-state index contributed by atoms with van der Waals surface area (Å²) in [5.74, 6) is 0.553. The molecule has 0 fully saturated rings. The average molecular weight is 403 g/mol. The molecule has 0 unspecified atom stereocenters. The molecule has 1 N–H and O–H groups in total. The van der Waals surface area contributed by atoms with Crippen LogP contribution in [0.5, 0.6) is 5.75 Å². The number of rotatable bonds is 19.